The first-order valence-corrected chi connectivity index (χ1v) is 10.9. The summed E-state index contributed by atoms with van der Waals surface area (Å²) in [6.45, 7) is 1.20. The second kappa shape index (κ2) is 7.28. The Kier molecular flexibility index (Phi) is 4.86. The van der Waals surface area contributed by atoms with Crippen LogP contribution in [0.5, 0.6) is 0 Å². The Morgan fingerprint density at radius 2 is 1.32 bits per heavy atom. The summed E-state index contributed by atoms with van der Waals surface area (Å²) in [4.78, 5) is 39.3. The lowest BCUT2D eigenvalue weighted by Crippen LogP contribution is -2.43. The number of fused-ring (bicyclic) bond motifs is 2. The maximum absolute atomic E-state index is 13.7. The van der Waals surface area contributed by atoms with E-state index >= 15 is 0 Å². The fourth-order valence-corrected chi connectivity index (χ4v) is 5.69. The highest BCUT2D eigenvalue weighted by atomic mass is 32.2. The molecule has 0 radical (unpaired) electrons. The summed E-state index contributed by atoms with van der Waals surface area (Å²) in [5, 5.41) is 0. The van der Waals surface area contributed by atoms with Crippen LogP contribution in [0.3, 0.4) is 0 Å². The minimum Gasteiger partial charge on any atom is -0.468 e. The molecular formula is C24H18O6S. The van der Waals surface area contributed by atoms with E-state index in [1.807, 2.05) is 0 Å². The fraction of sp³-hybridized carbons (Fsp3) is 0.125. The van der Waals surface area contributed by atoms with E-state index in [-0.39, 0.29) is 32.7 Å². The molecule has 1 atom stereocenters. The van der Waals surface area contributed by atoms with Gasteiger partial charge in [-0.2, -0.15) is 0 Å². The van der Waals surface area contributed by atoms with Crippen LogP contribution in [0.25, 0.3) is 0 Å². The summed E-state index contributed by atoms with van der Waals surface area (Å²) in [6, 6.07) is 18.1. The van der Waals surface area contributed by atoms with Gasteiger partial charge in [-0.05, 0) is 24.6 Å². The average Bonchev–Trinajstić information content (AvgIpc) is 2.81. The first-order chi connectivity index (χ1) is 14.7. The van der Waals surface area contributed by atoms with Crippen LogP contribution in [-0.2, 0) is 24.1 Å². The van der Waals surface area contributed by atoms with Gasteiger partial charge in [-0.3, -0.25) is 9.59 Å². The third kappa shape index (κ3) is 2.84. The Balaban J connectivity index is 2.06. The molecule has 4 rings (SSSR count). The molecule has 6 nitrogen and oxygen atoms in total. The number of sulfone groups is 1. The van der Waals surface area contributed by atoms with Gasteiger partial charge in [0.1, 0.15) is 0 Å². The molecule has 0 heterocycles. The van der Waals surface area contributed by atoms with Crippen LogP contribution in [0, 0.1) is 0 Å². The zero-order valence-corrected chi connectivity index (χ0v) is 17.6. The van der Waals surface area contributed by atoms with Crippen molar-refractivity contribution in [3.63, 3.8) is 0 Å². The Hall–Kier alpha value is -3.58. The van der Waals surface area contributed by atoms with E-state index < -0.39 is 32.1 Å². The Labute approximate surface area is 179 Å². The molecule has 0 amide bonds. The van der Waals surface area contributed by atoms with E-state index in [0.29, 0.717) is 0 Å². The molecule has 1 aliphatic rings. The number of methoxy groups -OCH3 is 1. The van der Waals surface area contributed by atoms with Crippen molar-refractivity contribution in [3.05, 3.63) is 101 Å². The van der Waals surface area contributed by atoms with Gasteiger partial charge in [-0.15, -0.1) is 0 Å². The molecule has 0 saturated carbocycles. The van der Waals surface area contributed by atoms with Gasteiger partial charge < -0.3 is 4.74 Å². The first-order valence-electron chi connectivity index (χ1n) is 9.45. The predicted molar refractivity (Wildman–Crippen MR) is 113 cm³/mol. The van der Waals surface area contributed by atoms with Gasteiger partial charge >= 0.3 is 5.97 Å². The highest BCUT2D eigenvalue weighted by molar-refractivity contribution is 7.93. The SMILES string of the molecule is COC(=O)C(C)(c1cccc2c1C(=O)c1ccccc1C2=O)S(=O)(=O)c1ccccc1. The number of benzene rings is 3. The van der Waals surface area contributed by atoms with E-state index in [1.54, 1.807) is 24.3 Å². The van der Waals surface area contributed by atoms with Gasteiger partial charge in [0.25, 0.3) is 0 Å². The zero-order valence-electron chi connectivity index (χ0n) is 16.8. The summed E-state index contributed by atoms with van der Waals surface area (Å²) in [5.41, 5.74) is 0.270. The lowest BCUT2D eigenvalue weighted by atomic mass is 9.79. The topological polar surface area (TPSA) is 94.6 Å². The van der Waals surface area contributed by atoms with Gasteiger partial charge in [0.15, 0.2) is 26.2 Å². The lowest BCUT2D eigenvalue weighted by molar-refractivity contribution is -0.143. The van der Waals surface area contributed by atoms with Crippen molar-refractivity contribution >= 4 is 27.4 Å². The molecule has 31 heavy (non-hydrogen) atoms. The smallest absolute Gasteiger partial charge is 0.331 e. The van der Waals surface area contributed by atoms with Crippen LogP contribution in [-0.4, -0.2) is 33.1 Å². The lowest BCUT2D eigenvalue weighted by Gasteiger charge is -2.31. The fourth-order valence-electron chi connectivity index (χ4n) is 3.94. The molecule has 156 valence electrons. The van der Waals surface area contributed by atoms with E-state index in [9.17, 15) is 22.8 Å². The summed E-state index contributed by atoms with van der Waals surface area (Å²) in [5.74, 6) is -1.97. The van der Waals surface area contributed by atoms with Crippen molar-refractivity contribution < 1.29 is 27.5 Å². The van der Waals surface area contributed by atoms with Crippen LogP contribution < -0.4 is 0 Å². The number of esters is 1. The van der Waals surface area contributed by atoms with Crippen molar-refractivity contribution in [2.75, 3.05) is 7.11 Å². The third-order valence-corrected chi connectivity index (χ3v) is 7.99. The molecule has 0 fully saturated rings. The maximum atomic E-state index is 13.7. The molecule has 0 N–H and O–H groups in total. The van der Waals surface area contributed by atoms with Gasteiger partial charge in [0, 0.05) is 22.3 Å². The molecule has 3 aromatic rings. The Bertz CT molecular complexity index is 1340. The standard InChI is InChI=1S/C24H18O6S/c1-24(23(27)30-2,31(28,29)15-9-4-3-5-10-15)19-14-8-13-18-20(19)22(26)17-12-7-6-11-16(17)21(18)25/h3-14H,1-2H3. The third-order valence-electron chi connectivity index (χ3n) is 5.63. The summed E-state index contributed by atoms with van der Waals surface area (Å²) < 4.78 is 30.0. The van der Waals surface area contributed by atoms with E-state index in [1.165, 1.54) is 55.5 Å². The second-order valence-electron chi connectivity index (χ2n) is 7.27. The largest absolute Gasteiger partial charge is 0.468 e. The monoisotopic (exact) mass is 434 g/mol. The van der Waals surface area contributed by atoms with Crippen molar-refractivity contribution in [1.29, 1.82) is 0 Å². The summed E-state index contributed by atoms with van der Waals surface area (Å²) in [7, 11) is -3.27. The molecule has 0 aliphatic heterocycles. The van der Waals surface area contributed by atoms with Crippen LogP contribution in [0.4, 0.5) is 0 Å². The molecule has 1 unspecified atom stereocenters. The highest BCUT2D eigenvalue weighted by Crippen LogP contribution is 2.41. The second-order valence-corrected chi connectivity index (χ2v) is 9.57. The summed E-state index contributed by atoms with van der Waals surface area (Å²) >= 11 is 0. The number of rotatable bonds is 4. The molecule has 0 aromatic heterocycles. The minimum atomic E-state index is -4.35. The molecular weight excluding hydrogens is 416 g/mol. The van der Waals surface area contributed by atoms with Gasteiger partial charge in [-0.25, -0.2) is 13.2 Å². The van der Waals surface area contributed by atoms with Gasteiger partial charge in [-0.1, -0.05) is 60.7 Å². The van der Waals surface area contributed by atoms with E-state index in [0.717, 1.165) is 7.11 Å². The minimum absolute atomic E-state index is 0.0552. The van der Waals surface area contributed by atoms with Crippen molar-refractivity contribution in [2.45, 2.75) is 16.6 Å². The van der Waals surface area contributed by atoms with E-state index in [4.69, 9.17) is 4.74 Å². The molecule has 7 heteroatoms. The normalized spacial score (nSPS) is 14.9. The van der Waals surface area contributed by atoms with Crippen molar-refractivity contribution in [1.82, 2.24) is 0 Å². The average molecular weight is 434 g/mol. The molecule has 3 aromatic carbocycles. The Morgan fingerprint density at radius 1 is 0.774 bits per heavy atom. The van der Waals surface area contributed by atoms with Crippen molar-refractivity contribution in [3.8, 4) is 0 Å². The first kappa shape index (κ1) is 20.7. The van der Waals surface area contributed by atoms with Crippen molar-refractivity contribution in [2.24, 2.45) is 0 Å². The van der Waals surface area contributed by atoms with Gasteiger partial charge in [0.2, 0.25) is 0 Å². The van der Waals surface area contributed by atoms with E-state index in [2.05, 4.69) is 0 Å². The number of carbonyl (C=O) groups is 3. The number of hydrogen-bond donors (Lipinski definition) is 0. The van der Waals surface area contributed by atoms with Crippen LogP contribution in [0.2, 0.25) is 0 Å². The summed E-state index contributed by atoms with van der Waals surface area (Å²) in [6.07, 6.45) is 0. The molecule has 1 aliphatic carbocycles. The molecule has 0 spiro atoms. The number of ether oxygens (including phenoxy) is 1. The number of carbonyl (C=O) groups excluding carboxylic acids is 3. The maximum Gasteiger partial charge on any atom is 0.331 e. The van der Waals surface area contributed by atoms with Crippen LogP contribution in [0.15, 0.2) is 77.7 Å². The van der Waals surface area contributed by atoms with Crippen LogP contribution in [0.1, 0.15) is 44.3 Å². The number of ketones is 2. The molecule has 0 saturated heterocycles. The highest BCUT2D eigenvalue weighted by Gasteiger charge is 2.52. The predicted octanol–water partition coefficient (Wildman–Crippen LogP) is 3.32. The number of hydrogen-bond acceptors (Lipinski definition) is 6. The van der Waals surface area contributed by atoms with Crippen LogP contribution >= 0.6 is 0 Å². The Morgan fingerprint density at radius 3 is 1.94 bits per heavy atom. The quantitative estimate of drug-likeness (QED) is 0.457. The van der Waals surface area contributed by atoms with Gasteiger partial charge in [0.05, 0.1) is 12.0 Å². The zero-order chi connectivity index (χ0) is 22.4. The molecule has 0 bridgehead atoms.